The SMILES string of the molecule is CN(C)c1ccc(CNC(=O)NCCCCC(N)=O)cc1. The van der Waals surface area contributed by atoms with E-state index in [1.165, 1.54) is 0 Å². The van der Waals surface area contributed by atoms with E-state index in [0.29, 0.717) is 25.9 Å². The summed E-state index contributed by atoms with van der Waals surface area (Å²) >= 11 is 0. The summed E-state index contributed by atoms with van der Waals surface area (Å²) < 4.78 is 0. The lowest BCUT2D eigenvalue weighted by molar-refractivity contribution is -0.118. The third-order valence-electron chi connectivity index (χ3n) is 3.04. The maximum absolute atomic E-state index is 11.6. The second kappa shape index (κ2) is 8.84. The molecule has 0 atom stereocenters. The van der Waals surface area contributed by atoms with E-state index in [1.54, 1.807) is 0 Å². The summed E-state index contributed by atoms with van der Waals surface area (Å²) in [6, 6.07) is 7.80. The van der Waals surface area contributed by atoms with Crippen molar-refractivity contribution in [2.24, 2.45) is 5.73 Å². The highest BCUT2D eigenvalue weighted by Gasteiger charge is 2.01. The molecule has 6 heteroatoms. The highest BCUT2D eigenvalue weighted by molar-refractivity contribution is 5.74. The zero-order valence-electron chi connectivity index (χ0n) is 12.7. The largest absolute Gasteiger partial charge is 0.378 e. The zero-order valence-corrected chi connectivity index (χ0v) is 12.7. The van der Waals surface area contributed by atoms with Crippen molar-refractivity contribution in [1.29, 1.82) is 0 Å². The van der Waals surface area contributed by atoms with E-state index in [2.05, 4.69) is 10.6 Å². The number of carbonyl (C=O) groups excluding carboxylic acids is 2. The number of anilines is 1. The van der Waals surface area contributed by atoms with Gasteiger partial charge in [-0.2, -0.15) is 0 Å². The third-order valence-corrected chi connectivity index (χ3v) is 3.04. The molecule has 1 aromatic rings. The molecule has 1 aromatic carbocycles. The van der Waals surface area contributed by atoms with E-state index >= 15 is 0 Å². The van der Waals surface area contributed by atoms with Gasteiger partial charge in [-0.1, -0.05) is 12.1 Å². The molecule has 21 heavy (non-hydrogen) atoms. The molecule has 0 aliphatic heterocycles. The molecule has 3 amide bonds. The van der Waals surface area contributed by atoms with Crippen LogP contribution in [0.3, 0.4) is 0 Å². The monoisotopic (exact) mass is 292 g/mol. The van der Waals surface area contributed by atoms with Gasteiger partial charge in [-0.3, -0.25) is 4.79 Å². The average Bonchev–Trinajstić information content (AvgIpc) is 2.44. The van der Waals surface area contributed by atoms with Gasteiger partial charge in [-0.15, -0.1) is 0 Å². The summed E-state index contributed by atoms with van der Waals surface area (Å²) in [4.78, 5) is 24.1. The van der Waals surface area contributed by atoms with E-state index in [1.807, 2.05) is 43.3 Å². The fourth-order valence-corrected chi connectivity index (χ4v) is 1.78. The van der Waals surface area contributed by atoms with Crippen molar-refractivity contribution in [1.82, 2.24) is 10.6 Å². The van der Waals surface area contributed by atoms with Crippen LogP contribution in [0.2, 0.25) is 0 Å². The molecule has 0 bridgehead atoms. The molecular weight excluding hydrogens is 268 g/mol. The van der Waals surface area contributed by atoms with Crippen LogP contribution >= 0.6 is 0 Å². The van der Waals surface area contributed by atoms with Gasteiger partial charge in [0.2, 0.25) is 5.91 Å². The quantitative estimate of drug-likeness (QED) is 0.629. The molecule has 0 aliphatic rings. The lowest BCUT2D eigenvalue weighted by Gasteiger charge is -2.13. The molecule has 0 aliphatic carbocycles. The molecule has 4 N–H and O–H groups in total. The molecule has 0 saturated carbocycles. The number of hydrogen-bond acceptors (Lipinski definition) is 3. The Hall–Kier alpha value is -2.24. The van der Waals surface area contributed by atoms with E-state index in [0.717, 1.165) is 17.7 Å². The summed E-state index contributed by atoms with van der Waals surface area (Å²) in [6.07, 6.45) is 1.80. The van der Waals surface area contributed by atoms with Crippen molar-refractivity contribution >= 4 is 17.6 Å². The predicted molar refractivity (Wildman–Crippen MR) is 84.1 cm³/mol. The third kappa shape index (κ3) is 7.20. The number of nitrogens with two attached hydrogens (primary N) is 1. The topological polar surface area (TPSA) is 87.5 Å². The number of benzene rings is 1. The van der Waals surface area contributed by atoms with E-state index in [4.69, 9.17) is 5.73 Å². The summed E-state index contributed by atoms with van der Waals surface area (Å²) in [7, 11) is 3.97. The Bertz CT molecular complexity index is 457. The van der Waals surface area contributed by atoms with Gasteiger partial charge in [0.1, 0.15) is 0 Å². The lowest BCUT2D eigenvalue weighted by Crippen LogP contribution is -2.35. The highest BCUT2D eigenvalue weighted by Crippen LogP contribution is 2.11. The predicted octanol–water partition coefficient (Wildman–Crippen LogP) is 1.21. The Morgan fingerprint density at radius 3 is 2.33 bits per heavy atom. The molecule has 0 radical (unpaired) electrons. The smallest absolute Gasteiger partial charge is 0.315 e. The summed E-state index contributed by atoms with van der Waals surface area (Å²) in [5.74, 6) is -0.305. The number of nitrogens with zero attached hydrogens (tertiary/aromatic N) is 1. The lowest BCUT2D eigenvalue weighted by atomic mass is 10.2. The fourth-order valence-electron chi connectivity index (χ4n) is 1.78. The number of nitrogens with one attached hydrogen (secondary N) is 2. The van der Waals surface area contributed by atoms with Crippen molar-refractivity contribution in [3.05, 3.63) is 29.8 Å². The van der Waals surface area contributed by atoms with Gasteiger partial charge in [-0.05, 0) is 30.5 Å². The van der Waals surface area contributed by atoms with Crippen molar-refractivity contribution in [3.8, 4) is 0 Å². The Kier molecular flexibility index (Phi) is 7.08. The number of unbranched alkanes of at least 4 members (excludes halogenated alkanes) is 1. The van der Waals surface area contributed by atoms with Gasteiger partial charge in [0.15, 0.2) is 0 Å². The van der Waals surface area contributed by atoms with Gasteiger partial charge in [0.05, 0.1) is 0 Å². The first-order chi connectivity index (χ1) is 9.99. The van der Waals surface area contributed by atoms with Gasteiger partial charge in [0.25, 0.3) is 0 Å². The minimum atomic E-state index is -0.305. The first kappa shape index (κ1) is 16.8. The number of amides is 3. The van der Waals surface area contributed by atoms with E-state index in [9.17, 15) is 9.59 Å². The van der Waals surface area contributed by atoms with Gasteiger partial charge < -0.3 is 21.3 Å². The van der Waals surface area contributed by atoms with Gasteiger partial charge in [-0.25, -0.2) is 4.79 Å². The molecule has 0 unspecified atom stereocenters. The van der Waals surface area contributed by atoms with Crippen molar-refractivity contribution in [2.75, 3.05) is 25.5 Å². The van der Waals surface area contributed by atoms with Crippen LogP contribution in [-0.4, -0.2) is 32.6 Å². The van der Waals surface area contributed by atoms with Crippen LogP contribution < -0.4 is 21.3 Å². The highest BCUT2D eigenvalue weighted by atomic mass is 16.2. The number of rotatable bonds is 8. The van der Waals surface area contributed by atoms with Crippen molar-refractivity contribution < 1.29 is 9.59 Å². The second-order valence-corrected chi connectivity index (χ2v) is 5.09. The van der Waals surface area contributed by atoms with E-state index < -0.39 is 0 Å². The molecule has 0 spiro atoms. The summed E-state index contributed by atoms with van der Waals surface area (Å²) in [5, 5.41) is 5.54. The molecular formula is C15H24N4O2. The van der Waals surface area contributed by atoms with Crippen molar-refractivity contribution in [3.63, 3.8) is 0 Å². The maximum Gasteiger partial charge on any atom is 0.315 e. The molecule has 1 rings (SSSR count). The molecule has 0 heterocycles. The standard InChI is InChI=1S/C15H24N4O2/c1-19(2)13-8-6-12(7-9-13)11-18-15(21)17-10-4-3-5-14(16)20/h6-9H,3-5,10-11H2,1-2H3,(H2,16,20)(H2,17,18,21). The Labute approximate surface area is 125 Å². The zero-order chi connectivity index (χ0) is 15.7. The van der Waals surface area contributed by atoms with Crippen LogP contribution in [0.25, 0.3) is 0 Å². The molecule has 0 saturated heterocycles. The summed E-state index contributed by atoms with van der Waals surface area (Å²) in [6.45, 7) is 1.03. The van der Waals surface area contributed by atoms with Crippen LogP contribution in [0, 0.1) is 0 Å². The number of hydrogen-bond donors (Lipinski definition) is 3. The van der Waals surface area contributed by atoms with E-state index in [-0.39, 0.29) is 11.9 Å². The maximum atomic E-state index is 11.6. The van der Waals surface area contributed by atoms with Crippen LogP contribution in [0.1, 0.15) is 24.8 Å². The number of primary amides is 1. The van der Waals surface area contributed by atoms with Crippen LogP contribution in [0.15, 0.2) is 24.3 Å². The Balaban J connectivity index is 2.19. The number of urea groups is 1. The molecule has 0 aromatic heterocycles. The average molecular weight is 292 g/mol. The van der Waals surface area contributed by atoms with Crippen LogP contribution in [0.4, 0.5) is 10.5 Å². The van der Waals surface area contributed by atoms with Gasteiger partial charge in [0, 0.05) is 39.3 Å². The van der Waals surface area contributed by atoms with Crippen LogP contribution in [-0.2, 0) is 11.3 Å². The van der Waals surface area contributed by atoms with Crippen molar-refractivity contribution in [2.45, 2.75) is 25.8 Å². The minimum Gasteiger partial charge on any atom is -0.378 e. The summed E-state index contributed by atoms with van der Waals surface area (Å²) in [5.41, 5.74) is 7.20. The molecule has 116 valence electrons. The Morgan fingerprint density at radius 2 is 1.76 bits per heavy atom. The molecule has 0 fully saturated rings. The van der Waals surface area contributed by atoms with Crippen LogP contribution in [0.5, 0.6) is 0 Å². The minimum absolute atomic E-state index is 0.203. The second-order valence-electron chi connectivity index (χ2n) is 5.09. The first-order valence-corrected chi connectivity index (χ1v) is 7.05. The number of carbonyl (C=O) groups is 2. The first-order valence-electron chi connectivity index (χ1n) is 7.05. The Morgan fingerprint density at radius 1 is 1.10 bits per heavy atom. The molecule has 6 nitrogen and oxygen atoms in total. The normalized spacial score (nSPS) is 10.0. The fraction of sp³-hybridized carbons (Fsp3) is 0.467. The van der Waals surface area contributed by atoms with Gasteiger partial charge >= 0.3 is 6.03 Å².